The first kappa shape index (κ1) is 15.6. The third-order valence-electron chi connectivity index (χ3n) is 3.23. The van der Waals surface area contributed by atoms with Gasteiger partial charge in [-0.3, -0.25) is 9.55 Å². The number of nitrogens with zero attached hydrogens (tertiary/aromatic N) is 3. The van der Waals surface area contributed by atoms with E-state index in [9.17, 15) is 12.8 Å². The van der Waals surface area contributed by atoms with Gasteiger partial charge in [0.2, 0.25) is 0 Å². The predicted octanol–water partition coefficient (Wildman–Crippen LogP) is 2.84. The molecule has 0 unspecified atom stereocenters. The number of halogens is 2. The fraction of sp³-hybridized carbons (Fsp3) is 0.0667. The molecule has 0 aliphatic carbocycles. The van der Waals surface area contributed by atoms with Crippen LogP contribution in [0.15, 0.2) is 48.9 Å². The van der Waals surface area contributed by atoms with E-state index in [0.29, 0.717) is 22.6 Å². The van der Waals surface area contributed by atoms with Crippen LogP contribution >= 0.6 is 11.6 Å². The van der Waals surface area contributed by atoms with Gasteiger partial charge in [-0.25, -0.2) is 17.8 Å². The molecule has 0 aliphatic heterocycles. The second-order valence-corrected chi connectivity index (χ2v) is 6.07. The first-order valence-electron chi connectivity index (χ1n) is 6.61. The second kappa shape index (κ2) is 6.47. The van der Waals surface area contributed by atoms with Crippen LogP contribution in [0.25, 0.3) is 16.9 Å². The molecule has 2 aromatic heterocycles. The Morgan fingerprint density at radius 1 is 1.13 bits per heavy atom. The third-order valence-corrected chi connectivity index (χ3v) is 4.09. The van der Waals surface area contributed by atoms with Crippen LogP contribution in [-0.2, 0) is 16.5 Å². The zero-order chi connectivity index (χ0) is 16.4. The zero-order valence-corrected chi connectivity index (χ0v) is 13.3. The van der Waals surface area contributed by atoms with E-state index < -0.39 is 16.5 Å². The van der Waals surface area contributed by atoms with E-state index in [0.717, 1.165) is 0 Å². The highest BCUT2D eigenvalue weighted by Crippen LogP contribution is 2.31. The van der Waals surface area contributed by atoms with Crippen molar-refractivity contribution in [1.29, 1.82) is 0 Å². The fourth-order valence-corrected chi connectivity index (χ4v) is 2.89. The minimum Gasteiger partial charge on any atom is -0.296 e. The standard InChI is InChI=1S/C15H11ClFN3O2S/c16-15-14(12-3-1-2-4-13(12)17)20(9-19-15)11-6-5-10(18-7-11)8-23(21)22/h1-7,9,23H,8H2. The molecule has 0 saturated heterocycles. The first-order valence-corrected chi connectivity index (χ1v) is 8.35. The smallest absolute Gasteiger partial charge is 0.155 e. The Morgan fingerprint density at radius 2 is 1.91 bits per heavy atom. The minimum atomic E-state index is -2.54. The van der Waals surface area contributed by atoms with Crippen molar-refractivity contribution in [1.82, 2.24) is 14.5 Å². The van der Waals surface area contributed by atoms with E-state index in [-0.39, 0.29) is 10.9 Å². The normalized spacial score (nSPS) is 11.1. The number of benzene rings is 1. The highest BCUT2D eigenvalue weighted by Gasteiger charge is 2.16. The number of hydrogen-bond acceptors (Lipinski definition) is 4. The van der Waals surface area contributed by atoms with Crippen molar-refractivity contribution in [2.75, 3.05) is 0 Å². The molecule has 0 aliphatic rings. The molecule has 2 heterocycles. The van der Waals surface area contributed by atoms with Crippen LogP contribution in [0.1, 0.15) is 5.69 Å². The highest BCUT2D eigenvalue weighted by atomic mass is 35.5. The van der Waals surface area contributed by atoms with Crippen molar-refractivity contribution >= 4 is 22.3 Å². The molecule has 0 spiro atoms. The number of pyridine rings is 1. The summed E-state index contributed by atoms with van der Waals surface area (Å²) in [5.41, 5.74) is 1.77. The van der Waals surface area contributed by atoms with E-state index in [1.54, 1.807) is 34.9 Å². The average Bonchev–Trinajstić information content (AvgIpc) is 2.90. The molecule has 0 saturated carbocycles. The van der Waals surface area contributed by atoms with Gasteiger partial charge in [-0.1, -0.05) is 23.7 Å². The Labute approximate surface area is 138 Å². The summed E-state index contributed by atoms with van der Waals surface area (Å²) in [5, 5.41) is 0.168. The Balaban J connectivity index is 2.07. The Bertz CT molecular complexity index is 915. The summed E-state index contributed by atoms with van der Waals surface area (Å²) in [6.07, 6.45) is 2.96. The van der Waals surface area contributed by atoms with Gasteiger partial charge in [-0.05, 0) is 24.3 Å². The minimum absolute atomic E-state index is 0.125. The Hall–Kier alpha value is -2.25. The lowest BCUT2D eigenvalue weighted by Crippen LogP contribution is -1.99. The highest BCUT2D eigenvalue weighted by molar-refractivity contribution is 7.71. The van der Waals surface area contributed by atoms with Gasteiger partial charge in [0.15, 0.2) is 5.15 Å². The molecule has 0 N–H and O–H groups in total. The first-order chi connectivity index (χ1) is 11.1. The van der Waals surface area contributed by atoms with Crippen LogP contribution in [0.5, 0.6) is 0 Å². The van der Waals surface area contributed by atoms with Gasteiger partial charge in [0.25, 0.3) is 0 Å². The quantitative estimate of drug-likeness (QED) is 0.734. The second-order valence-electron chi connectivity index (χ2n) is 4.73. The zero-order valence-electron chi connectivity index (χ0n) is 11.7. The molecule has 5 nitrogen and oxygen atoms in total. The maximum absolute atomic E-state index is 14.1. The number of imidazole rings is 1. The van der Waals surface area contributed by atoms with E-state index in [1.165, 1.54) is 18.6 Å². The van der Waals surface area contributed by atoms with Gasteiger partial charge in [-0.15, -0.1) is 0 Å². The van der Waals surface area contributed by atoms with E-state index in [2.05, 4.69) is 9.97 Å². The van der Waals surface area contributed by atoms with Crippen LogP contribution < -0.4 is 0 Å². The van der Waals surface area contributed by atoms with E-state index in [4.69, 9.17) is 11.6 Å². The summed E-state index contributed by atoms with van der Waals surface area (Å²) in [6, 6.07) is 9.53. The van der Waals surface area contributed by atoms with Crippen molar-refractivity contribution < 1.29 is 12.8 Å². The van der Waals surface area contributed by atoms with E-state index in [1.807, 2.05) is 0 Å². The molecule has 8 heteroatoms. The molecule has 3 rings (SSSR count). The lowest BCUT2D eigenvalue weighted by molar-refractivity contribution is 0.613. The van der Waals surface area contributed by atoms with Gasteiger partial charge in [0.1, 0.15) is 22.8 Å². The van der Waals surface area contributed by atoms with Gasteiger partial charge in [0.05, 0.1) is 29.0 Å². The average molecular weight is 352 g/mol. The van der Waals surface area contributed by atoms with Crippen molar-refractivity contribution in [2.45, 2.75) is 5.75 Å². The maximum Gasteiger partial charge on any atom is 0.155 e. The largest absolute Gasteiger partial charge is 0.296 e. The van der Waals surface area contributed by atoms with Crippen LogP contribution in [0.2, 0.25) is 5.15 Å². The van der Waals surface area contributed by atoms with Crippen molar-refractivity contribution in [3.05, 3.63) is 65.6 Å². The molecule has 0 atom stereocenters. The number of thiol groups is 1. The summed E-state index contributed by atoms with van der Waals surface area (Å²) < 4.78 is 37.1. The van der Waals surface area contributed by atoms with Gasteiger partial charge in [0, 0.05) is 5.56 Å². The lowest BCUT2D eigenvalue weighted by atomic mass is 10.1. The number of hydrogen-bond donors (Lipinski definition) is 1. The molecule has 1 aromatic carbocycles. The Kier molecular flexibility index (Phi) is 4.40. The summed E-state index contributed by atoms with van der Waals surface area (Å²) in [7, 11) is -2.54. The fourth-order valence-electron chi connectivity index (χ4n) is 2.20. The van der Waals surface area contributed by atoms with Crippen molar-refractivity contribution in [3.63, 3.8) is 0 Å². The molecule has 0 fully saturated rings. The number of rotatable bonds is 4. The van der Waals surface area contributed by atoms with Crippen molar-refractivity contribution in [3.8, 4) is 16.9 Å². The molecule has 0 amide bonds. The summed E-state index contributed by atoms with van der Waals surface area (Å²) in [4.78, 5) is 8.11. The summed E-state index contributed by atoms with van der Waals surface area (Å²) in [5.74, 6) is -0.537. The van der Waals surface area contributed by atoms with E-state index >= 15 is 0 Å². The summed E-state index contributed by atoms with van der Waals surface area (Å²) >= 11 is 6.10. The lowest BCUT2D eigenvalue weighted by Gasteiger charge is -2.09. The third kappa shape index (κ3) is 3.25. The molecule has 23 heavy (non-hydrogen) atoms. The SMILES string of the molecule is O=[SH](=O)Cc1ccc(-n2cnc(Cl)c2-c2ccccc2F)cn1. The topological polar surface area (TPSA) is 64.8 Å². The molecule has 118 valence electrons. The molecular formula is C15H11ClFN3O2S. The van der Waals surface area contributed by atoms with Crippen LogP contribution in [-0.4, -0.2) is 23.0 Å². The van der Waals surface area contributed by atoms with Crippen LogP contribution in [0.4, 0.5) is 4.39 Å². The summed E-state index contributed by atoms with van der Waals surface area (Å²) in [6.45, 7) is 0. The van der Waals surface area contributed by atoms with Crippen molar-refractivity contribution in [2.24, 2.45) is 0 Å². The predicted molar refractivity (Wildman–Crippen MR) is 85.8 cm³/mol. The maximum atomic E-state index is 14.1. The van der Waals surface area contributed by atoms with Gasteiger partial charge >= 0.3 is 0 Å². The Morgan fingerprint density at radius 3 is 2.57 bits per heavy atom. The molecule has 0 radical (unpaired) electrons. The van der Waals surface area contributed by atoms with Crippen LogP contribution in [0, 0.1) is 5.82 Å². The van der Waals surface area contributed by atoms with Gasteiger partial charge in [-0.2, -0.15) is 0 Å². The molecule has 0 bridgehead atoms. The number of aromatic nitrogens is 3. The molecule has 3 aromatic rings. The van der Waals surface area contributed by atoms with Crippen LogP contribution in [0.3, 0.4) is 0 Å². The molecular weight excluding hydrogens is 341 g/mol. The van der Waals surface area contributed by atoms with Gasteiger partial charge < -0.3 is 0 Å². The monoisotopic (exact) mass is 351 g/mol.